The van der Waals surface area contributed by atoms with Gasteiger partial charge in [0.05, 0.1) is 0 Å². The van der Waals surface area contributed by atoms with E-state index in [1.165, 1.54) is 65.2 Å². The Hall–Kier alpha value is -4.86. The van der Waals surface area contributed by atoms with E-state index in [1.54, 1.807) is 0 Å². The van der Waals surface area contributed by atoms with Crippen molar-refractivity contribution in [1.82, 2.24) is 0 Å². The molecule has 0 saturated carbocycles. The lowest BCUT2D eigenvalue weighted by atomic mass is 10.00. The first-order valence-corrected chi connectivity index (χ1v) is 18.4. The Labute approximate surface area is 274 Å². The monoisotopic (exact) mass is 622 g/mol. The zero-order chi connectivity index (χ0) is 30.7. The average Bonchev–Trinajstić information content (AvgIpc) is 3.39. The summed E-state index contributed by atoms with van der Waals surface area (Å²) in [4.78, 5) is 0. The molecule has 0 radical (unpaired) electrons. The molecule has 4 aliphatic carbocycles. The maximum Gasteiger partial charge on any atom is -0.000861 e. The second-order valence-corrected chi connectivity index (χ2v) is 15.8. The van der Waals surface area contributed by atoms with Crippen LogP contribution < -0.4 is 31.8 Å². The molecule has 0 heterocycles. The fourth-order valence-electron chi connectivity index (χ4n) is 6.59. The van der Waals surface area contributed by atoms with E-state index in [4.69, 9.17) is 0 Å². The summed E-state index contributed by atoms with van der Waals surface area (Å²) in [6.07, 6.45) is 0. The van der Waals surface area contributed by atoms with Crippen molar-refractivity contribution in [3.05, 3.63) is 194 Å². The molecule has 0 fully saturated rings. The van der Waals surface area contributed by atoms with E-state index in [-0.39, 0.29) is 0 Å². The molecule has 0 spiro atoms. The van der Waals surface area contributed by atoms with Crippen molar-refractivity contribution in [3.8, 4) is 33.4 Å². The highest BCUT2D eigenvalue weighted by Crippen LogP contribution is 2.50. The smallest absolute Gasteiger partial charge is 0.000861 e. The molecule has 0 unspecified atom stereocenters. The van der Waals surface area contributed by atoms with Gasteiger partial charge in [0.25, 0.3) is 0 Å². The predicted molar refractivity (Wildman–Crippen MR) is 203 cm³/mol. The van der Waals surface area contributed by atoms with Gasteiger partial charge in [-0.3, -0.25) is 0 Å². The molecule has 46 heavy (non-hydrogen) atoms. The zero-order valence-electron chi connectivity index (χ0n) is 25.4. The van der Waals surface area contributed by atoms with Gasteiger partial charge in [-0.05, 0) is 93.2 Å². The van der Waals surface area contributed by atoms with E-state index in [9.17, 15) is 0 Å². The minimum atomic E-state index is -0.840. The molecule has 0 saturated heterocycles. The lowest BCUT2D eigenvalue weighted by Crippen LogP contribution is -2.23. The summed E-state index contributed by atoms with van der Waals surface area (Å²) in [6, 6.07) is 71.7. The van der Waals surface area contributed by atoms with E-state index in [0.717, 1.165) is 0 Å². The molecule has 218 valence electrons. The van der Waals surface area contributed by atoms with Crippen LogP contribution >= 0.6 is 15.8 Å². The summed E-state index contributed by atoms with van der Waals surface area (Å²) in [5.74, 6) is 0. The molecular weight excluding hydrogens is 590 g/mol. The van der Waals surface area contributed by atoms with Crippen molar-refractivity contribution in [2.24, 2.45) is 0 Å². The standard InChI is InChI=1S/C44H32P2/c1-7-19-33-31-41(45(35-21-9-3-10-22-35)36-23-11-4-12-24-36)43(39(33)29-17-1)44-40-30-18-2-8-20-34(40)32-42(44)46(37-25-13-5-14-26-37)38-27-15-6-16-28-38/h1-32H. The Kier molecular flexibility index (Phi) is 8.00. The highest BCUT2D eigenvalue weighted by atomic mass is 31.1. The van der Waals surface area contributed by atoms with Gasteiger partial charge in [0, 0.05) is 0 Å². The molecule has 4 aromatic carbocycles. The molecule has 0 atom stereocenters. The Balaban J connectivity index is 1.50. The van der Waals surface area contributed by atoms with Crippen molar-refractivity contribution in [1.29, 1.82) is 0 Å². The second kappa shape index (κ2) is 12.9. The van der Waals surface area contributed by atoms with Crippen LogP contribution in [0.15, 0.2) is 194 Å². The summed E-state index contributed by atoms with van der Waals surface area (Å²) in [6.45, 7) is 0. The van der Waals surface area contributed by atoms with Gasteiger partial charge in [-0.25, -0.2) is 0 Å². The minimum absolute atomic E-state index is 0.840. The highest BCUT2D eigenvalue weighted by Gasteiger charge is 2.32. The fraction of sp³-hybridized carbons (Fsp3) is 0. The van der Waals surface area contributed by atoms with E-state index in [1.807, 2.05) is 0 Å². The van der Waals surface area contributed by atoms with Crippen LogP contribution in [0.4, 0.5) is 0 Å². The minimum Gasteiger partial charge on any atom is -0.0622 e. The summed E-state index contributed by atoms with van der Waals surface area (Å²) < 4.78 is 0. The molecule has 0 bridgehead atoms. The van der Waals surface area contributed by atoms with Crippen molar-refractivity contribution in [3.63, 3.8) is 0 Å². The third kappa shape index (κ3) is 5.35. The van der Waals surface area contributed by atoms with Gasteiger partial charge in [-0.2, -0.15) is 0 Å². The van der Waals surface area contributed by atoms with Crippen LogP contribution in [0.3, 0.4) is 0 Å². The maximum atomic E-state index is 2.48. The molecule has 4 aliphatic rings. The number of benzene rings is 4. The van der Waals surface area contributed by atoms with Crippen LogP contribution in [0.25, 0.3) is 33.4 Å². The van der Waals surface area contributed by atoms with Crippen LogP contribution in [0.5, 0.6) is 0 Å². The third-order valence-electron chi connectivity index (χ3n) is 8.57. The first-order chi connectivity index (χ1) is 22.9. The normalized spacial score (nSPS) is 11.4. The largest absolute Gasteiger partial charge is 0.0622 e. The van der Waals surface area contributed by atoms with Crippen molar-refractivity contribution < 1.29 is 0 Å². The Morgan fingerprint density at radius 1 is 0.261 bits per heavy atom. The number of rotatable bonds is 7. The van der Waals surface area contributed by atoms with Gasteiger partial charge < -0.3 is 0 Å². The van der Waals surface area contributed by atoms with E-state index >= 15 is 0 Å². The number of hydrogen-bond acceptors (Lipinski definition) is 0. The summed E-state index contributed by atoms with van der Waals surface area (Å²) in [7, 11) is -1.68. The lowest BCUT2D eigenvalue weighted by Gasteiger charge is -2.24. The van der Waals surface area contributed by atoms with Crippen molar-refractivity contribution >= 4 is 47.7 Å². The van der Waals surface area contributed by atoms with Crippen molar-refractivity contribution in [2.75, 3.05) is 0 Å². The Bertz CT molecular complexity index is 1900. The molecule has 8 rings (SSSR count). The van der Waals surface area contributed by atoms with Gasteiger partial charge >= 0.3 is 0 Å². The lowest BCUT2D eigenvalue weighted by molar-refractivity contribution is 1.75. The van der Waals surface area contributed by atoms with Gasteiger partial charge in [0.1, 0.15) is 0 Å². The van der Waals surface area contributed by atoms with Crippen LogP contribution in [0.1, 0.15) is 0 Å². The van der Waals surface area contributed by atoms with Crippen LogP contribution in [0.2, 0.25) is 0 Å². The molecule has 0 aliphatic heterocycles. The van der Waals surface area contributed by atoms with Crippen LogP contribution in [0, 0.1) is 0 Å². The highest BCUT2D eigenvalue weighted by molar-refractivity contribution is 7.81. The molecule has 4 aromatic rings. The first-order valence-electron chi connectivity index (χ1n) is 15.7. The van der Waals surface area contributed by atoms with Gasteiger partial charge in [-0.1, -0.05) is 182 Å². The summed E-state index contributed by atoms with van der Waals surface area (Å²) in [5, 5.41) is 8.26. The molecule has 0 nitrogen and oxygen atoms in total. The van der Waals surface area contributed by atoms with Crippen LogP contribution in [-0.2, 0) is 0 Å². The summed E-state index contributed by atoms with van der Waals surface area (Å²) in [5.41, 5.74) is 7.88. The van der Waals surface area contributed by atoms with E-state index < -0.39 is 15.8 Å². The van der Waals surface area contributed by atoms with Gasteiger partial charge in [0.15, 0.2) is 0 Å². The SMILES string of the molecule is c1ccc(P(c2ccccc2)c2cc3cccccc-3c2-c2c3cccccc-3cc2P(c2ccccc2)c2ccccc2)cc1. The first kappa shape index (κ1) is 28.6. The van der Waals surface area contributed by atoms with E-state index in [0.29, 0.717) is 0 Å². The predicted octanol–water partition coefficient (Wildman–Crippen LogP) is 9.08. The van der Waals surface area contributed by atoms with Crippen LogP contribution in [-0.4, -0.2) is 0 Å². The molecule has 0 aromatic heterocycles. The quantitative estimate of drug-likeness (QED) is 0.156. The zero-order valence-corrected chi connectivity index (χ0v) is 27.2. The fourth-order valence-corrected chi connectivity index (χ4v) is 11.6. The Morgan fingerprint density at radius 2 is 0.522 bits per heavy atom. The Morgan fingerprint density at radius 3 is 0.826 bits per heavy atom. The number of hydrogen-bond donors (Lipinski definition) is 0. The molecule has 2 heteroatoms. The van der Waals surface area contributed by atoms with Crippen molar-refractivity contribution in [2.45, 2.75) is 0 Å². The third-order valence-corrected chi connectivity index (χ3v) is 13.5. The second-order valence-electron chi connectivity index (χ2n) is 11.4. The maximum absolute atomic E-state index is 2.48. The van der Waals surface area contributed by atoms with E-state index in [2.05, 4.69) is 194 Å². The van der Waals surface area contributed by atoms with Gasteiger partial charge in [-0.15, -0.1) is 0 Å². The number of fused-ring (bicyclic) bond motifs is 2. The average molecular weight is 623 g/mol. The molecular formula is C44H32P2. The summed E-state index contributed by atoms with van der Waals surface area (Å²) >= 11 is 0. The molecule has 0 N–H and O–H groups in total. The molecule has 0 amide bonds. The topological polar surface area (TPSA) is 0 Å². The van der Waals surface area contributed by atoms with Gasteiger partial charge in [0.2, 0.25) is 0 Å².